The average molecular weight is 205 g/mol. The van der Waals surface area contributed by atoms with Crippen molar-refractivity contribution >= 4 is 0 Å². The van der Waals surface area contributed by atoms with Gasteiger partial charge in [0.25, 0.3) is 0 Å². The van der Waals surface area contributed by atoms with Crippen LogP contribution in [-0.2, 0) is 0 Å². The molecule has 2 N–H and O–H groups in total. The number of rotatable bonds is 3. The predicted molar refractivity (Wildman–Crippen MR) is 66.8 cm³/mol. The van der Waals surface area contributed by atoms with E-state index < -0.39 is 0 Å². The van der Waals surface area contributed by atoms with E-state index in [4.69, 9.17) is 5.73 Å². The Balaban J connectivity index is 2.96. The topological polar surface area (TPSA) is 26.0 Å². The van der Waals surface area contributed by atoms with E-state index in [1.165, 1.54) is 16.7 Å². The number of benzene rings is 1. The van der Waals surface area contributed by atoms with Crippen LogP contribution in [0.3, 0.4) is 0 Å². The van der Waals surface area contributed by atoms with E-state index in [1.807, 2.05) is 0 Å². The highest BCUT2D eigenvalue weighted by atomic mass is 14.7. The summed E-state index contributed by atoms with van der Waals surface area (Å²) in [4.78, 5) is 0. The third kappa shape index (κ3) is 2.82. The van der Waals surface area contributed by atoms with Gasteiger partial charge in [0.1, 0.15) is 0 Å². The molecule has 0 fully saturated rings. The van der Waals surface area contributed by atoms with Crippen molar-refractivity contribution < 1.29 is 0 Å². The summed E-state index contributed by atoms with van der Waals surface area (Å²) in [6, 6.07) is 6.69. The maximum atomic E-state index is 6.29. The Morgan fingerprint density at radius 3 is 2.13 bits per heavy atom. The molecule has 0 bridgehead atoms. The van der Waals surface area contributed by atoms with Gasteiger partial charge in [0.2, 0.25) is 0 Å². The van der Waals surface area contributed by atoms with Gasteiger partial charge in [-0.2, -0.15) is 0 Å². The highest BCUT2D eigenvalue weighted by Crippen LogP contribution is 2.27. The Morgan fingerprint density at radius 1 is 1.07 bits per heavy atom. The second-order valence-electron chi connectivity index (χ2n) is 4.99. The molecular weight excluding hydrogens is 182 g/mol. The molecule has 0 radical (unpaired) electrons. The molecule has 15 heavy (non-hydrogen) atoms. The van der Waals surface area contributed by atoms with Gasteiger partial charge in [-0.25, -0.2) is 0 Å². The SMILES string of the molecule is Cc1ccc(C(N)C(C)C(C)C)c(C)c1. The van der Waals surface area contributed by atoms with Crippen molar-refractivity contribution in [3.8, 4) is 0 Å². The monoisotopic (exact) mass is 205 g/mol. The summed E-state index contributed by atoms with van der Waals surface area (Å²) in [6.45, 7) is 11.0. The molecule has 0 saturated carbocycles. The van der Waals surface area contributed by atoms with E-state index >= 15 is 0 Å². The zero-order valence-corrected chi connectivity index (χ0v) is 10.5. The summed E-state index contributed by atoms with van der Waals surface area (Å²) in [5, 5.41) is 0. The largest absolute Gasteiger partial charge is 0.324 e. The van der Waals surface area contributed by atoms with Crippen LogP contribution in [0.25, 0.3) is 0 Å². The van der Waals surface area contributed by atoms with Crippen molar-refractivity contribution in [1.29, 1.82) is 0 Å². The zero-order valence-electron chi connectivity index (χ0n) is 10.5. The summed E-state index contributed by atoms with van der Waals surface area (Å²) in [5.41, 5.74) is 10.2. The Hall–Kier alpha value is -0.820. The van der Waals surface area contributed by atoms with Gasteiger partial charge in [-0.15, -0.1) is 0 Å². The average Bonchev–Trinajstić information content (AvgIpc) is 2.15. The Bertz CT molecular complexity index is 328. The number of aryl methyl sites for hydroxylation is 2. The summed E-state index contributed by atoms with van der Waals surface area (Å²) in [5.74, 6) is 1.15. The molecule has 0 heterocycles. The Labute approximate surface area is 93.7 Å². The van der Waals surface area contributed by atoms with Gasteiger partial charge < -0.3 is 5.73 Å². The van der Waals surface area contributed by atoms with Crippen LogP contribution >= 0.6 is 0 Å². The van der Waals surface area contributed by atoms with E-state index in [0.29, 0.717) is 11.8 Å². The number of hydrogen-bond donors (Lipinski definition) is 1. The van der Waals surface area contributed by atoms with Crippen molar-refractivity contribution in [1.82, 2.24) is 0 Å². The lowest BCUT2D eigenvalue weighted by atomic mass is 9.85. The van der Waals surface area contributed by atoms with Gasteiger partial charge >= 0.3 is 0 Å². The minimum absolute atomic E-state index is 0.158. The first-order chi connectivity index (χ1) is 6.93. The predicted octanol–water partition coefficient (Wildman–Crippen LogP) is 3.60. The van der Waals surface area contributed by atoms with Gasteiger partial charge in [0, 0.05) is 6.04 Å². The van der Waals surface area contributed by atoms with Crippen LogP contribution in [0.15, 0.2) is 18.2 Å². The van der Waals surface area contributed by atoms with E-state index in [1.54, 1.807) is 0 Å². The summed E-state index contributed by atoms with van der Waals surface area (Å²) in [7, 11) is 0. The summed E-state index contributed by atoms with van der Waals surface area (Å²) >= 11 is 0. The van der Waals surface area contributed by atoms with Gasteiger partial charge in [-0.1, -0.05) is 44.5 Å². The highest BCUT2D eigenvalue weighted by Gasteiger charge is 2.19. The fourth-order valence-electron chi connectivity index (χ4n) is 1.90. The smallest absolute Gasteiger partial charge is 0.0325 e. The standard InChI is InChI=1S/C14H23N/c1-9(2)12(5)14(15)13-7-6-10(3)8-11(13)4/h6-9,12,14H,15H2,1-5H3. The lowest BCUT2D eigenvalue weighted by Crippen LogP contribution is -2.23. The third-order valence-corrected chi connectivity index (χ3v) is 3.40. The lowest BCUT2D eigenvalue weighted by molar-refractivity contribution is 0.351. The third-order valence-electron chi connectivity index (χ3n) is 3.40. The molecule has 0 spiro atoms. The molecule has 1 nitrogen and oxygen atoms in total. The first-order valence-corrected chi connectivity index (χ1v) is 5.76. The quantitative estimate of drug-likeness (QED) is 0.801. The van der Waals surface area contributed by atoms with Gasteiger partial charge in [0.15, 0.2) is 0 Å². The lowest BCUT2D eigenvalue weighted by Gasteiger charge is -2.25. The molecule has 2 atom stereocenters. The van der Waals surface area contributed by atoms with Crippen molar-refractivity contribution in [2.45, 2.75) is 40.7 Å². The second-order valence-corrected chi connectivity index (χ2v) is 4.99. The van der Waals surface area contributed by atoms with Gasteiger partial charge in [-0.3, -0.25) is 0 Å². The van der Waals surface area contributed by atoms with Crippen LogP contribution in [0.1, 0.15) is 43.5 Å². The maximum absolute atomic E-state index is 6.29. The molecule has 1 aromatic rings. The first kappa shape index (κ1) is 12.3. The molecule has 0 amide bonds. The molecule has 0 aliphatic carbocycles. The molecule has 84 valence electrons. The highest BCUT2D eigenvalue weighted by molar-refractivity contribution is 5.32. The van der Waals surface area contributed by atoms with E-state index in [0.717, 1.165) is 0 Å². The number of hydrogen-bond acceptors (Lipinski definition) is 1. The molecule has 0 saturated heterocycles. The van der Waals surface area contributed by atoms with E-state index in [2.05, 4.69) is 52.8 Å². The van der Waals surface area contributed by atoms with Crippen molar-refractivity contribution in [2.75, 3.05) is 0 Å². The van der Waals surface area contributed by atoms with Gasteiger partial charge in [0.05, 0.1) is 0 Å². The summed E-state index contributed by atoms with van der Waals surface area (Å²) < 4.78 is 0. The van der Waals surface area contributed by atoms with Crippen LogP contribution in [0, 0.1) is 25.7 Å². The number of nitrogens with two attached hydrogens (primary N) is 1. The van der Waals surface area contributed by atoms with Crippen molar-refractivity contribution in [2.24, 2.45) is 17.6 Å². The molecule has 0 aromatic heterocycles. The normalized spacial score (nSPS) is 15.4. The minimum atomic E-state index is 0.158. The fourth-order valence-corrected chi connectivity index (χ4v) is 1.90. The van der Waals surface area contributed by atoms with Crippen molar-refractivity contribution in [3.63, 3.8) is 0 Å². The molecule has 0 aliphatic heterocycles. The molecular formula is C14H23N. The van der Waals surface area contributed by atoms with Crippen LogP contribution in [0.2, 0.25) is 0 Å². The van der Waals surface area contributed by atoms with Crippen LogP contribution < -0.4 is 5.73 Å². The Morgan fingerprint density at radius 2 is 1.67 bits per heavy atom. The van der Waals surface area contributed by atoms with E-state index in [-0.39, 0.29) is 6.04 Å². The van der Waals surface area contributed by atoms with E-state index in [9.17, 15) is 0 Å². The molecule has 0 aliphatic rings. The molecule has 2 unspecified atom stereocenters. The Kier molecular flexibility index (Phi) is 3.92. The van der Waals surface area contributed by atoms with Crippen molar-refractivity contribution in [3.05, 3.63) is 34.9 Å². The van der Waals surface area contributed by atoms with Crippen LogP contribution in [0.4, 0.5) is 0 Å². The van der Waals surface area contributed by atoms with Crippen LogP contribution in [-0.4, -0.2) is 0 Å². The zero-order chi connectivity index (χ0) is 11.6. The maximum Gasteiger partial charge on any atom is 0.0325 e. The summed E-state index contributed by atoms with van der Waals surface area (Å²) in [6.07, 6.45) is 0. The first-order valence-electron chi connectivity index (χ1n) is 5.76. The molecule has 1 aromatic carbocycles. The molecule has 1 heteroatoms. The fraction of sp³-hybridized carbons (Fsp3) is 0.571. The second kappa shape index (κ2) is 4.80. The minimum Gasteiger partial charge on any atom is -0.324 e. The molecule has 1 rings (SSSR count). The van der Waals surface area contributed by atoms with Crippen LogP contribution in [0.5, 0.6) is 0 Å². The van der Waals surface area contributed by atoms with Gasteiger partial charge in [-0.05, 0) is 36.8 Å².